The fraction of sp³-hybridized carbons (Fsp3) is 0.533. The molecular formula is C15H20Cl2N2. The van der Waals surface area contributed by atoms with Gasteiger partial charge in [-0.1, -0.05) is 38.4 Å². The molecule has 0 radical (unpaired) electrons. The molecule has 1 aromatic carbocycles. The van der Waals surface area contributed by atoms with Gasteiger partial charge in [0.1, 0.15) is 11.3 Å². The average molecular weight is 299 g/mol. The van der Waals surface area contributed by atoms with E-state index in [1.54, 1.807) is 0 Å². The van der Waals surface area contributed by atoms with E-state index in [0.29, 0.717) is 5.02 Å². The van der Waals surface area contributed by atoms with Gasteiger partial charge in [-0.3, -0.25) is 0 Å². The van der Waals surface area contributed by atoms with E-state index >= 15 is 0 Å². The lowest BCUT2D eigenvalue weighted by atomic mass is 9.92. The van der Waals surface area contributed by atoms with Gasteiger partial charge in [-0.2, -0.15) is 0 Å². The minimum absolute atomic E-state index is 0.122. The number of aryl methyl sites for hydroxylation is 1. The van der Waals surface area contributed by atoms with Gasteiger partial charge >= 0.3 is 0 Å². The SMILES string of the molecule is CC(Cl)c1nc2c(Cl)cccc2n1CCC(C)(C)C. The fourth-order valence-electron chi connectivity index (χ4n) is 2.12. The van der Waals surface area contributed by atoms with Gasteiger partial charge in [-0.05, 0) is 30.9 Å². The van der Waals surface area contributed by atoms with Crippen molar-refractivity contribution in [2.45, 2.75) is 46.0 Å². The summed E-state index contributed by atoms with van der Waals surface area (Å²) in [5.41, 5.74) is 2.20. The minimum Gasteiger partial charge on any atom is -0.327 e. The van der Waals surface area contributed by atoms with Crippen LogP contribution in [0.15, 0.2) is 18.2 Å². The molecular weight excluding hydrogens is 279 g/mol. The molecule has 0 aliphatic carbocycles. The maximum atomic E-state index is 6.26. The third-order valence-corrected chi connectivity index (χ3v) is 3.70. The summed E-state index contributed by atoms with van der Waals surface area (Å²) in [5.74, 6) is 0.897. The minimum atomic E-state index is -0.122. The number of hydrogen-bond donors (Lipinski definition) is 0. The van der Waals surface area contributed by atoms with Gasteiger partial charge in [-0.15, -0.1) is 11.6 Å². The lowest BCUT2D eigenvalue weighted by molar-refractivity contribution is 0.350. The number of para-hydroxylation sites is 1. The van der Waals surface area contributed by atoms with Crippen LogP contribution in [0.2, 0.25) is 5.02 Å². The predicted molar refractivity (Wildman–Crippen MR) is 83.1 cm³/mol. The largest absolute Gasteiger partial charge is 0.327 e. The lowest BCUT2D eigenvalue weighted by Gasteiger charge is -2.20. The summed E-state index contributed by atoms with van der Waals surface area (Å²) in [6.45, 7) is 9.58. The van der Waals surface area contributed by atoms with Crippen molar-refractivity contribution in [3.8, 4) is 0 Å². The number of fused-ring (bicyclic) bond motifs is 1. The second-order valence-corrected chi connectivity index (χ2v) is 7.22. The van der Waals surface area contributed by atoms with Crippen molar-refractivity contribution < 1.29 is 0 Å². The summed E-state index contributed by atoms with van der Waals surface area (Å²) in [6.07, 6.45) is 1.07. The Bertz CT molecular complexity index is 580. The first-order valence-electron chi connectivity index (χ1n) is 6.58. The van der Waals surface area contributed by atoms with E-state index in [1.807, 2.05) is 19.1 Å². The van der Waals surface area contributed by atoms with Crippen molar-refractivity contribution in [3.63, 3.8) is 0 Å². The normalized spacial score (nSPS) is 14.0. The Labute approximate surface area is 124 Å². The molecule has 1 aromatic heterocycles. The number of benzene rings is 1. The highest BCUT2D eigenvalue weighted by Gasteiger charge is 2.18. The van der Waals surface area contributed by atoms with Crippen LogP contribution in [0.25, 0.3) is 11.0 Å². The van der Waals surface area contributed by atoms with E-state index in [9.17, 15) is 0 Å². The van der Waals surface area contributed by atoms with Gasteiger partial charge in [-0.25, -0.2) is 4.98 Å². The second kappa shape index (κ2) is 5.34. The van der Waals surface area contributed by atoms with Gasteiger partial charge in [0.2, 0.25) is 0 Å². The van der Waals surface area contributed by atoms with E-state index in [4.69, 9.17) is 23.2 Å². The van der Waals surface area contributed by atoms with Crippen LogP contribution in [0, 0.1) is 5.41 Å². The van der Waals surface area contributed by atoms with Crippen molar-refractivity contribution in [1.29, 1.82) is 0 Å². The Hall–Kier alpha value is -0.730. The molecule has 0 fully saturated rings. The van der Waals surface area contributed by atoms with E-state index in [-0.39, 0.29) is 10.8 Å². The number of alkyl halides is 1. The van der Waals surface area contributed by atoms with Gasteiger partial charge in [0.15, 0.2) is 0 Å². The standard InChI is InChI=1S/C15H20Cl2N2/c1-10(16)14-18-13-11(17)6-5-7-12(13)19(14)9-8-15(2,3)4/h5-7,10H,8-9H2,1-4H3. The van der Waals surface area contributed by atoms with E-state index in [2.05, 4.69) is 36.4 Å². The molecule has 0 aliphatic rings. The molecule has 0 aliphatic heterocycles. The second-order valence-electron chi connectivity index (χ2n) is 6.16. The number of halogens is 2. The van der Waals surface area contributed by atoms with Crippen LogP contribution in [0.4, 0.5) is 0 Å². The number of imidazole rings is 1. The Balaban J connectivity index is 2.50. The fourth-order valence-corrected chi connectivity index (χ4v) is 2.50. The predicted octanol–water partition coefficient (Wildman–Crippen LogP) is 5.43. The Morgan fingerprint density at radius 3 is 2.58 bits per heavy atom. The molecule has 4 heteroatoms. The zero-order valence-electron chi connectivity index (χ0n) is 11.9. The Morgan fingerprint density at radius 1 is 1.32 bits per heavy atom. The van der Waals surface area contributed by atoms with Crippen molar-refractivity contribution in [2.24, 2.45) is 5.41 Å². The first-order valence-corrected chi connectivity index (χ1v) is 7.40. The van der Waals surface area contributed by atoms with Crippen LogP contribution in [0.1, 0.15) is 45.3 Å². The molecule has 0 bridgehead atoms. The lowest BCUT2D eigenvalue weighted by Crippen LogP contribution is -2.12. The van der Waals surface area contributed by atoms with Crippen molar-refractivity contribution in [1.82, 2.24) is 9.55 Å². The van der Waals surface area contributed by atoms with Crippen LogP contribution < -0.4 is 0 Å². The first-order chi connectivity index (χ1) is 8.79. The van der Waals surface area contributed by atoms with Crippen LogP contribution in [0.3, 0.4) is 0 Å². The van der Waals surface area contributed by atoms with E-state index in [1.165, 1.54) is 0 Å². The van der Waals surface area contributed by atoms with Gasteiger partial charge < -0.3 is 4.57 Å². The van der Waals surface area contributed by atoms with Crippen LogP contribution >= 0.6 is 23.2 Å². The summed E-state index contributed by atoms with van der Waals surface area (Å²) >= 11 is 12.5. The Morgan fingerprint density at radius 2 is 2.00 bits per heavy atom. The first kappa shape index (κ1) is 14.7. The molecule has 0 spiro atoms. The molecule has 2 rings (SSSR count). The van der Waals surface area contributed by atoms with Gasteiger partial charge in [0.05, 0.1) is 15.9 Å². The summed E-state index contributed by atoms with van der Waals surface area (Å²) in [4.78, 5) is 4.61. The third-order valence-electron chi connectivity index (χ3n) is 3.20. The number of aromatic nitrogens is 2. The van der Waals surface area contributed by atoms with Gasteiger partial charge in [0, 0.05) is 6.54 Å². The zero-order chi connectivity index (χ0) is 14.2. The van der Waals surface area contributed by atoms with E-state index < -0.39 is 0 Å². The van der Waals surface area contributed by atoms with E-state index in [0.717, 1.165) is 29.8 Å². The molecule has 1 unspecified atom stereocenters. The number of rotatable bonds is 3. The maximum absolute atomic E-state index is 6.26. The van der Waals surface area contributed by atoms with Crippen LogP contribution in [-0.4, -0.2) is 9.55 Å². The third kappa shape index (κ3) is 3.24. The monoisotopic (exact) mass is 298 g/mol. The quantitative estimate of drug-likeness (QED) is 0.691. The number of hydrogen-bond acceptors (Lipinski definition) is 1. The van der Waals surface area contributed by atoms with Crippen LogP contribution in [0.5, 0.6) is 0 Å². The smallest absolute Gasteiger partial charge is 0.127 e. The average Bonchev–Trinajstić information content (AvgIpc) is 2.66. The molecule has 2 aromatic rings. The van der Waals surface area contributed by atoms with Crippen molar-refractivity contribution in [2.75, 3.05) is 0 Å². The molecule has 0 saturated heterocycles. The highest BCUT2D eigenvalue weighted by atomic mass is 35.5. The van der Waals surface area contributed by atoms with Crippen LogP contribution in [-0.2, 0) is 6.54 Å². The molecule has 0 N–H and O–H groups in total. The van der Waals surface area contributed by atoms with Gasteiger partial charge in [0.25, 0.3) is 0 Å². The maximum Gasteiger partial charge on any atom is 0.127 e. The highest BCUT2D eigenvalue weighted by molar-refractivity contribution is 6.35. The summed E-state index contributed by atoms with van der Waals surface area (Å²) in [5, 5.41) is 0.564. The molecule has 0 saturated carbocycles. The molecule has 1 heterocycles. The molecule has 1 atom stereocenters. The Kier molecular flexibility index (Phi) is 4.12. The zero-order valence-corrected chi connectivity index (χ0v) is 13.4. The van der Waals surface area contributed by atoms with Crippen molar-refractivity contribution >= 4 is 34.2 Å². The molecule has 2 nitrogen and oxygen atoms in total. The summed E-state index contributed by atoms with van der Waals surface area (Å²) < 4.78 is 2.20. The summed E-state index contributed by atoms with van der Waals surface area (Å²) in [6, 6.07) is 5.88. The highest BCUT2D eigenvalue weighted by Crippen LogP contribution is 2.30. The molecule has 19 heavy (non-hydrogen) atoms. The van der Waals surface area contributed by atoms with Crippen molar-refractivity contribution in [3.05, 3.63) is 29.0 Å². The number of nitrogens with zero attached hydrogens (tertiary/aromatic N) is 2. The summed E-state index contributed by atoms with van der Waals surface area (Å²) in [7, 11) is 0. The molecule has 104 valence electrons. The topological polar surface area (TPSA) is 17.8 Å². The molecule has 0 amide bonds.